The van der Waals surface area contributed by atoms with Crippen molar-refractivity contribution in [2.24, 2.45) is 0 Å². The number of benzene rings is 2. The minimum atomic E-state index is -0.524. The van der Waals surface area contributed by atoms with E-state index in [0.717, 1.165) is 18.5 Å². The summed E-state index contributed by atoms with van der Waals surface area (Å²) in [6.45, 7) is 0.878. The quantitative estimate of drug-likeness (QED) is 0.473. The standard InChI is InChI=1S/C22H21N3O4S/c1-29-16-7-8-18(19(13-16)25(27)28)23-21(26)14-24-11-9-20-17(10-12-30-20)22(24)15-5-3-2-4-6-15/h2-8,10,12-13,22H,9,11,14H2,1H3,(H,23,26)/t22-/m0/s1. The van der Waals surface area contributed by atoms with Crippen LogP contribution in [0.3, 0.4) is 0 Å². The number of nitrogens with zero attached hydrogens (tertiary/aromatic N) is 2. The van der Waals surface area contributed by atoms with Crippen LogP contribution in [0.2, 0.25) is 0 Å². The van der Waals surface area contributed by atoms with Gasteiger partial charge in [-0.05, 0) is 41.1 Å². The molecule has 2 heterocycles. The minimum Gasteiger partial charge on any atom is -0.496 e. The van der Waals surface area contributed by atoms with Gasteiger partial charge in [-0.1, -0.05) is 30.3 Å². The van der Waals surface area contributed by atoms with Gasteiger partial charge in [0.1, 0.15) is 11.4 Å². The molecule has 3 aromatic rings. The number of nitro benzene ring substituents is 1. The number of nitro groups is 1. The van der Waals surface area contributed by atoms with Crippen LogP contribution in [0, 0.1) is 10.1 Å². The van der Waals surface area contributed by atoms with Crippen LogP contribution in [0.1, 0.15) is 22.0 Å². The molecule has 0 spiro atoms. The van der Waals surface area contributed by atoms with E-state index < -0.39 is 4.92 Å². The van der Waals surface area contributed by atoms with Gasteiger partial charge in [-0.25, -0.2) is 0 Å². The van der Waals surface area contributed by atoms with Gasteiger partial charge < -0.3 is 10.1 Å². The molecule has 2 aromatic carbocycles. The fraction of sp³-hybridized carbons (Fsp3) is 0.227. The molecule has 0 saturated carbocycles. The molecule has 154 valence electrons. The molecule has 30 heavy (non-hydrogen) atoms. The third-order valence-corrected chi connectivity index (χ3v) is 6.20. The number of methoxy groups -OCH3 is 1. The molecule has 1 aliphatic heterocycles. The molecule has 8 heteroatoms. The van der Waals surface area contributed by atoms with Crippen LogP contribution in [0.25, 0.3) is 0 Å². The zero-order valence-electron chi connectivity index (χ0n) is 16.4. The fourth-order valence-electron chi connectivity index (χ4n) is 3.83. The van der Waals surface area contributed by atoms with Crippen LogP contribution in [-0.4, -0.2) is 35.9 Å². The van der Waals surface area contributed by atoms with Crippen LogP contribution in [0.15, 0.2) is 60.0 Å². The van der Waals surface area contributed by atoms with E-state index >= 15 is 0 Å². The number of hydrogen-bond donors (Lipinski definition) is 1. The molecule has 1 aliphatic rings. The number of carbonyl (C=O) groups excluding carboxylic acids is 1. The molecule has 1 aromatic heterocycles. The van der Waals surface area contributed by atoms with Crippen molar-refractivity contribution in [1.82, 2.24) is 4.90 Å². The minimum absolute atomic E-state index is 0.0159. The molecule has 0 saturated heterocycles. The van der Waals surface area contributed by atoms with E-state index in [1.165, 1.54) is 29.7 Å². The van der Waals surface area contributed by atoms with Gasteiger partial charge in [0.2, 0.25) is 5.91 Å². The van der Waals surface area contributed by atoms with Crippen molar-refractivity contribution in [3.63, 3.8) is 0 Å². The SMILES string of the molecule is COc1ccc(NC(=O)CN2CCc3sccc3[C@@H]2c2ccccc2)c([N+](=O)[O-])c1. The Morgan fingerprint density at radius 3 is 2.80 bits per heavy atom. The number of hydrogen-bond acceptors (Lipinski definition) is 6. The van der Waals surface area contributed by atoms with E-state index in [-0.39, 0.29) is 29.9 Å². The maximum Gasteiger partial charge on any atom is 0.296 e. The summed E-state index contributed by atoms with van der Waals surface area (Å²) < 4.78 is 5.05. The molecule has 0 radical (unpaired) electrons. The highest BCUT2D eigenvalue weighted by molar-refractivity contribution is 7.10. The van der Waals surface area contributed by atoms with Gasteiger partial charge in [0.15, 0.2) is 0 Å². The lowest BCUT2D eigenvalue weighted by Crippen LogP contribution is -2.40. The Kier molecular flexibility index (Phi) is 5.78. The predicted octanol–water partition coefficient (Wildman–Crippen LogP) is 4.25. The van der Waals surface area contributed by atoms with E-state index in [2.05, 4.69) is 33.8 Å². The Hall–Kier alpha value is -3.23. The highest BCUT2D eigenvalue weighted by atomic mass is 32.1. The van der Waals surface area contributed by atoms with Crippen LogP contribution < -0.4 is 10.1 Å². The third-order valence-electron chi connectivity index (χ3n) is 5.20. The first-order valence-corrected chi connectivity index (χ1v) is 10.4. The second-order valence-electron chi connectivity index (χ2n) is 7.02. The summed E-state index contributed by atoms with van der Waals surface area (Å²) in [5, 5.41) is 16.2. The lowest BCUT2D eigenvalue weighted by Gasteiger charge is -2.35. The Morgan fingerprint density at radius 1 is 1.27 bits per heavy atom. The summed E-state index contributed by atoms with van der Waals surface area (Å²) in [7, 11) is 1.44. The Labute approximate surface area is 178 Å². The largest absolute Gasteiger partial charge is 0.496 e. The first-order valence-electron chi connectivity index (χ1n) is 9.54. The van der Waals surface area contributed by atoms with E-state index in [1.54, 1.807) is 17.4 Å². The summed E-state index contributed by atoms with van der Waals surface area (Å²) >= 11 is 1.74. The third kappa shape index (κ3) is 4.05. The van der Waals surface area contributed by atoms with Crippen LogP contribution >= 0.6 is 11.3 Å². The maximum atomic E-state index is 12.8. The number of ether oxygens (including phenoxy) is 1. The molecule has 7 nitrogen and oxygen atoms in total. The second-order valence-corrected chi connectivity index (χ2v) is 8.02. The average Bonchev–Trinajstić information content (AvgIpc) is 3.23. The fourth-order valence-corrected chi connectivity index (χ4v) is 4.74. The van der Waals surface area contributed by atoms with Crippen molar-refractivity contribution in [2.75, 3.05) is 25.5 Å². The molecular weight excluding hydrogens is 402 g/mol. The molecule has 0 fully saturated rings. The average molecular weight is 423 g/mol. The van der Waals surface area contributed by atoms with Crippen molar-refractivity contribution in [1.29, 1.82) is 0 Å². The number of rotatable bonds is 6. The van der Waals surface area contributed by atoms with Crippen molar-refractivity contribution in [3.8, 4) is 5.75 Å². The van der Waals surface area contributed by atoms with E-state index in [1.807, 2.05) is 18.2 Å². The Bertz CT molecular complexity index is 1070. The van der Waals surface area contributed by atoms with Crippen LogP contribution in [0.4, 0.5) is 11.4 Å². The highest BCUT2D eigenvalue weighted by Gasteiger charge is 2.31. The number of nitrogens with one attached hydrogen (secondary N) is 1. The zero-order valence-corrected chi connectivity index (χ0v) is 17.2. The number of anilines is 1. The lowest BCUT2D eigenvalue weighted by atomic mass is 9.93. The Balaban J connectivity index is 1.56. The van der Waals surface area contributed by atoms with Gasteiger partial charge in [0.05, 0.1) is 30.7 Å². The molecule has 1 atom stereocenters. The molecule has 0 aliphatic carbocycles. The zero-order chi connectivity index (χ0) is 21.1. The van der Waals surface area contributed by atoms with Gasteiger partial charge >= 0.3 is 0 Å². The van der Waals surface area contributed by atoms with Crippen molar-refractivity contribution in [3.05, 3.63) is 86.1 Å². The van der Waals surface area contributed by atoms with Crippen LogP contribution in [0.5, 0.6) is 5.75 Å². The normalized spacial score (nSPS) is 16.0. The lowest BCUT2D eigenvalue weighted by molar-refractivity contribution is -0.384. The summed E-state index contributed by atoms with van der Waals surface area (Å²) in [6.07, 6.45) is 0.881. The van der Waals surface area contributed by atoms with E-state index in [9.17, 15) is 14.9 Å². The van der Waals surface area contributed by atoms with Crippen LogP contribution in [-0.2, 0) is 11.2 Å². The molecule has 1 amide bonds. The molecule has 1 N–H and O–H groups in total. The van der Waals surface area contributed by atoms with Crippen molar-refractivity contribution >= 4 is 28.6 Å². The smallest absolute Gasteiger partial charge is 0.296 e. The van der Waals surface area contributed by atoms with Gasteiger partial charge in [-0.15, -0.1) is 11.3 Å². The van der Waals surface area contributed by atoms with E-state index in [4.69, 9.17) is 4.74 Å². The summed E-state index contributed by atoms with van der Waals surface area (Å²) in [5.74, 6) is 0.0766. The summed E-state index contributed by atoms with van der Waals surface area (Å²) in [6, 6.07) is 16.6. The number of amides is 1. The summed E-state index contributed by atoms with van der Waals surface area (Å²) in [5.41, 5.74) is 2.32. The summed E-state index contributed by atoms with van der Waals surface area (Å²) in [4.78, 5) is 27.2. The molecule has 4 rings (SSSR count). The monoisotopic (exact) mass is 423 g/mol. The van der Waals surface area contributed by atoms with Crippen molar-refractivity contribution in [2.45, 2.75) is 12.5 Å². The molecule has 0 bridgehead atoms. The number of thiophene rings is 1. The first-order chi connectivity index (χ1) is 14.6. The number of fused-ring (bicyclic) bond motifs is 1. The van der Waals surface area contributed by atoms with Gasteiger partial charge in [0.25, 0.3) is 5.69 Å². The van der Waals surface area contributed by atoms with E-state index in [0.29, 0.717) is 5.75 Å². The highest BCUT2D eigenvalue weighted by Crippen LogP contribution is 2.37. The topological polar surface area (TPSA) is 84.7 Å². The molecular formula is C22H21N3O4S. The number of carbonyl (C=O) groups is 1. The maximum absolute atomic E-state index is 12.8. The van der Waals surface area contributed by atoms with Gasteiger partial charge in [-0.3, -0.25) is 19.8 Å². The predicted molar refractivity (Wildman–Crippen MR) is 116 cm³/mol. The molecule has 0 unspecified atom stereocenters. The van der Waals surface area contributed by atoms with Gasteiger partial charge in [-0.2, -0.15) is 0 Å². The van der Waals surface area contributed by atoms with Crippen molar-refractivity contribution < 1.29 is 14.5 Å². The van der Waals surface area contributed by atoms with Gasteiger partial charge in [0, 0.05) is 11.4 Å². The first kappa shape index (κ1) is 20.1. The second kappa shape index (κ2) is 8.64. The Morgan fingerprint density at radius 2 is 2.07 bits per heavy atom.